The highest BCUT2D eigenvalue weighted by atomic mass is 32.2. The van der Waals surface area contributed by atoms with E-state index in [1.807, 2.05) is 24.3 Å². The molecule has 2 heterocycles. The van der Waals surface area contributed by atoms with Crippen molar-refractivity contribution in [2.75, 3.05) is 0 Å². The van der Waals surface area contributed by atoms with E-state index < -0.39 is 16.0 Å². The second-order valence-corrected chi connectivity index (χ2v) is 10.3. The van der Waals surface area contributed by atoms with Crippen LogP contribution in [0, 0.1) is 0 Å². The van der Waals surface area contributed by atoms with E-state index in [1.54, 1.807) is 30.3 Å². The van der Waals surface area contributed by atoms with Gasteiger partial charge in [-0.3, -0.25) is 4.79 Å². The molecule has 0 radical (unpaired) electrons. The van der Waals surface area contributed by atoms with Gasteiger partial charge >= 0.3 is 5.97 Å². The molecule has 0 aliphatic rings. The number of nitrogens with zero attached hydrogens (tertiary/aromatic N) is 3. The molecule has 4 aromatic rings. The zero-order valence-corrected chi connectivity index (χ0v) is 20.2. The van der Waals surface area contributed by atoms with Gasteiger partial charge in [-0.25, -0.2) is 13.4 Å². The molecule has 0 unspecified atom stereocenters. The van der Waals surface area contributed by atoms with Crippen LogP contribution in [-0.4, -0.2) is 33.9 Å². The van der Waals surface area contributed by atoms with E-state index >= 15 is 0 Å². The predicted molar refractivity (Wildman–Crippen MR) is 131 cm³/mol. The Labute approximate surface area is 204 Å². The first-order valence-corrected chi connectivity index (χ1v) is 12.9. The third-order valence-electron chi connectivity index (χ3n) is 5.74. The fraction of sp³-hybridized carbons (Fsp3) is 0.269. The number of benzene rings is 2. The highest BCUT2D eigenvalue weighted by Crippen LogP contribution is 2.26. The van der Waals surface area contributed by atoms with Crippen molar-refractivity contribution in [1.29, 1.82) is 0 Å². The van der Waals surface area contributed by atoms with Gasteiger partial charge in [0.15, 0.2) is 10.6 Å². The SMILES string of the molecule is CCCCc1ccc(CN(Cc2cccc(CC(=O)O)c2)S(=O)(=O)c2nccc3oncc23)cc1. The summed E-state index contributed by atoms with van der Waals surface area (Å²) in [5, 5.41) is 13.0. The first-order chi connectivity index (χ1) is 16.9. The van der Waals surface area contributed by atoms with Gasteiger partial charge in [0.25, 0.3) is 10.0 Å². The molecule has 0 saturated carbocycles. The summed E-state index contributed by atoms with van der Waals surface area (Å²) in [6.45, 7) is 2.33. The van der Waals surface area contributed by atoms with Crippen LogP contribution >= 0.6 is 0 Å². The molecule has 0 fully saturated rings. The number of rotatable bonds is 11. The van der Waals surface area contributed by atoms with Crippen molar-refractivity contribution in [3.8, 4) is 0 Å². The van der Waals surface area contributed by atoms with Crippen LogP contribution in [0.2, 0.25) is 0 Å². The minimum atomic E-state index is -4.05. The van der Waals surface area contributed by atoms with Gasteiger partial charge in [-0.1, -0.05) is 67.0 Å². The van der Waals surface area contributed by atoms with Crippen molar-refractivity contribution < 1.29 is 22.8 Å². The molecule has 0 aliphatic carbocycles. The van der Waals surface area contributed by atoms with Crippen molar-refractivity contribution in [3.63, 3.8) is 0 Å². The van der Waals surface area contributed by atoms with E-state index in [1.165, 1.54) is 22.3 Å². The molecule has 182 valence electrons. The number of aryl methyl sites for hydroxylation is 1. The Morgan fingerprint density at radius 2 is 1.71 bits per heavy atom. The molecule has 0 spiro atoms. The molecule has 0 saturated heterocycles. The molecule has 2 aromatic heterocycles. The van der Waals surface area contributed by atoms with Gasteiger partial charge in [0.2, 0.25) is 0 Å². The standard InChI is InChI=1S/C26H27N3O5S/c1-2-3-5-19-8-10-20(11-9-19)17-29(18-22-7-4-6-21(14-22)15-25(30)31)35(32,33)26-23-16-28-34-24(23)12-13-27-26/h4,6-14,16H,2-3,5,15,17-18H2,1H3,(H,30,31). The van der Waals surface area contributed by atoms with Gasteiger partial charge in [0.05, 0.1) is 18.0 Å². The van der Waals surface area contributed by atoms with Crippen molar-refractivity contribution in [3.05, 3.63) is 89.2 Å². The fourth-order valence-corrected chi connectivity index (χ4v) is 5.45. The highest BCUT2D eigenvalue weighted by Gasteiger charge is 2.29. The zero-order valence-electron chi connectivity index (χ0n) is 19.4. The van der Waals surface area contributed by atoms with Gasteiger partial charge in [-0.15, -0.1) is 0 Å². The van der Waals surface area contributed by atoms with Gasteiger partial charge in [0.1, 0.15) is 0 Å². The molecule has 4 rings (SSSR count). The number of sulfonamides is 1. The Bertz CT molecular complexity index is 1410. The van der Waals surface area contributed by atoms with Crippen molar-refractivity contribution in [1.82, 2.24) is 14.4 Å². The zero-order chi connectivity index (χ0) is 24.8. The number of pyridine rings is 1. The monoisotopic (exact) mass is 493 g/mol. The largest absolute Gasteiger partial charge is 0.481 e. The topological polar surface area (TPSA) is 114 Å². The van der Waals surface area contributed by atoms with Gasteiger partial charge < -0.3 is 9.63 Å². The number of carbonyl (C=O) groups is 1. The third-order valence-corrected chi connectivity index (χ3v) is 7.49. The third kappa shape index (κ3) is 5.93. The number of aliphatic carboxylic acids is 1. The molecule has 9 heteroatoms. The molecule has 0 amide bonds. The Kier molecular flexibility index (Phi) is 7.57. The Morgan fingerprint density at radius 3 is 2.46 bits per heavy atom. The molecule has 1 N–H and O–H groups in total. The van der Waals surface area contributed by atoms with Gasteiger partial charge in [0, 0.05) is 25.4 Å². The lowest BCUT2D eigenvalue weighted by Crippen LogP contribution is -2.31. The average molecular weight is 494 g/mol. The first-order valence-electron chi connectivity index (χ1n) is 11.4. The number of carboxylic acids is 1. The molecule has 8 nitrogen and oxygen atoms in total. The van der Waals surface area contributed by atoms with Crippen LogP contribution in [-0.2, 0) is 40.7 Å². The molecular formula is C26H27N3O5S. The smallest absolute Gasteiger partial charge is 0.307 e. The fourth-order valence-electron chi connectivity index (χ4n) is 3.94. The highest BCUT2D eigenvalue weighted by molar-refractivity contribution is 7.89. The molecule has 2 aromatic carbocycles. The molecule has 0 bridgehead atoms. The van der Waals surface area contributed by atoms with Crippen LogP contribution in [0.3, 0.4) is 0 Å². The Balaban J connectivity index is 1.69. The maximum absolute atomic E-state index is 13.8. The molecular weight excluding hydrogens is 466 g/mol. The lowest BCUT2D eigenvalue weighted by atomic mass is 10.1. The summed E-state index contributed by atoms with van der Waals surface area (Å²) < 4.78 is 34.1. The van der Waals surface area contributed by atoms with E-state index in [9.17, 15) is 13.2 Å². The van der Waals surface area contributed by atoms with Crippen LogP contribution in [0.25, 0.3) is 11.0 Å². The summed E-state index contributed by atoms with van der Waals surface area (Å²) in [6.07, 6.45) is 5.78. The maximum atomic E-state index is 13.8. The van der Waals surface area contributed by atoms with Gasteiger partial charge in [-0.2, -0.15) is 4.31 Å². The summed E-state index contributed by atoms with van der Waals surface area (Å²) >= 11 is 0. The number of hydrogen-bond donors (Lipinski definition) is 1. The minimum Gasteiger partial charge on any atom is -0.481 e. The van der Waals surface area contributed by atoms with Crippen molar-refractivity contribution >= 4 is 27.0 Å². The van der Waals surface area contributed by atoms with Crippen LogP contribution in [0.15, 0.2) is 76.5 Å². The van der Waals surface area contributed by atoms with Gasteiger partial charge in [-0.05, 0) is 35.1 Å². The van der Waals surface area contributed by atoms with Crippen LogP contribution in [0.1, 0.15) is 42.0 Å². The average Bonchev–Trinajstić information content (AvgIpc) is 3.32. The summed E-state index contributed by atoms with van der Waals surface area (Å²) in [6, 6.07) is 16.5. The van der Waals surface area contributed by atoms with Crippen LogP contribution < -0.4 is 0 Å². The number of aromatic nitrogens is 2. The predicted octanol–water partition coefficient (Wildman–Crippen LogP) is 4.58. The lowest BCUT2D eigenvalue weighted by molar-refractivity contribution is -0.136. The summed E-state index contributed by atoms with van der Waals surface area (Å²) in [4.78, 5) is 15.3. The summed E-state index contributed by atoms with van der Waals surface area (Å²) in [5.74, 6) is -0.946. The molecule has 0 aliphatic heterocycles. The molecule has 0 atom stereocenters. The first kappa shape index (κ1) is 24.6. The second-order valence-electron chi connectivity index (χ2n) is 8.44. The Hall–Kier alpha value is -3.56. The van der Waals surface area contributed by atoms with Crippen LogP contribution in [0.4, 0.5) is 0 Å². The van der Waals surface area contributed by atoms with Crippen molar-refractivity contribution in [2.24, 2.45) is 0 Å². The number of unbranched alkanes of at least 4 members (excludes halogenated alkanes) is 1. The van der Waals surface area contributed by atoms with Crippen LogP contribution in [0.5, 0.6) is 0 Å². The number of fused-ring (bicyclic) bond motifs is 1. The van der Waals surface area contributed by atoms with E-state index in [4.69, 9.17) is 9.63 Å². The Morgan fingerprint density at radius 1 is 1.00 bits per heavy atom. The summed E-state index contributed by atoms with van der Waals surface area (Å²) in [7, 11) is -4.05. The minimum absolute atomic E-state index is 0.0523. The number of carboxylic acid groups (broad SMARTS) is 1. The lowest BCUT2D eigenvalue weighted by Gasteiger charge is -2.22. The number of hydrogen-bond acceptors (Lipinski definition) is 6. The van der Waals surface area contributed by atoms with Crippen molar-refractivity contribution in [2.45, 2.75) is 50.7 Å². The maximum Gasteiger partial charge on any atom is 0.307 e. The van der Waals surface area contributed by atoms with E-state index in [0.29, 0.717) is 22.1 Å². The van der Waals surface area contributed by atoms with E-state index in [0.717, 1.165) is 24.8 Å². The summed E-state index contributed by atoms with van der Waals surface area (Å²) in [5.41, 5.74) is 3.67. The van der Waals surface area contributed by atoms with E-state index in [2.05, 4.69) is 17.1 Å². The molecule has 35 heavy (non-hydrogen) atoms. The second kappa shape index (κ2) is 10.8. The quantitative estimate of drug-likeness (QED) is 0.325. The normalized spacial score (nSPS) is 11.8. The van der Waals surface area contributed by atoms with E-state index in [-0.39, 0.29) is 24.5 Å².